The third kappa shape index (κ3) is 5.10. The SMILES string of the molecule is CC(C)N(CCNS(=O)(=O)c1cnc(N)c(Cl)c1)C(C)C. The number of nitrogen functional groups attached to an aromatic ring is 1. The van der Waals surface area contributed by atoms with E-state index in [-0.39, 0.29) is 15.7 Å². The van der Waals surface area contributed by atoms with Crippen LogP contribution in [0.15, 0.2) is 17.2 Å². The Hall–Kier alpha value is -0.890. The van der Waals surface area contributed by atoms with E-state index in [9.17, 15) is 8.42 Å². The predicted octanol–water partition coefficient (Wildman–Crippen LogP) is 1.71. The smallest absolute Gasteiger partial charge is 0.242 e. The maximum absolute atomic E-state index is 12.1. The van der Waals surface area contributed by atoms with Crippen molar-refractivity contribution >= 4 is 27.4 Å². The first kappa shape index (κ1) is 18.2. The van der Waals surface area contributed by atoms with Gasteiger partial charge in [0.2, 0.25) is 10.0 Å². The summed E-state index contributed by atoms with van der Waals surface area (Å²) < 4.78 is 26.8. The molecule has 8 heteroatoms. The van der Waals surface area contributed by atoms with Gasteiger partial charge in [-0.05, 0) is 33.8 Å². The van der Waals surface area contributed by atoms with Crippen molar-refractivity contribution in [1.29, 1.82) is 0 Å². The topological polar surface area (TPSA) is 88.3 Å². The van der Waals surface area contributed by atoms with Crippen molar-refractivity contribution in [3.8, 4) is 0 Å². The molecule has 0 spiro atoms. The molecule has 0 atom stereocenters. The molecule has 1 rings (SSSR count). The Bertz CT molecular complexity index is 568. The lowest BCUT2D eigenvalue weighted by molar-refractivity contribution is 0.179. The van der Waals surface area contributed by atoms with Gasteiger partial charge in [-0.1, -0.05) is 11.6 Å². The van der Waals surface area contributed by atoms with E-state index in [1.165, 1.54) is 12.3 Å². The van der Waals surface area contributed by atoms with Crippen LogP contribution in [-0.4, -0.2) is 43.5 Å². The number of sulfonamides is 1. The highest BCUT2D eigenvalue weighted by molar-refractivity contribution is 7.89. The van der Waals surface area contributed by atoms with Crippen molar-refractivity contribution < 1.29 is 8.42 Å². The molecule has 0 amide bonds. The van der Waals surface area contributed by atoms with Gasteiger partial charge in [0.15, 0.2) is 0 Å². The Morgan fingerprint density at radius 2 is 1.90 bits per heavy atom. The summed E-state index contributed by atoms with van der Waals surface area (Å²) >= 11 is 5.80. The number of nitrogens with zero attached hydrogens (tertiary/aromatic N) is 2. The maximum Gasteiger partial charge on any atom is 0.242 e. The van der Waals surface area contributed by atoms with E-state index < -0.39 is 10.0 Å². The number of nitrogens with one attached hydrogen (secondary N) is 1. The fourth-order valence-electron chi connectivity index (χ4n) is 2.08. The fraction of sp³-hybridized carbons (Fsp3) is 0.615. The molecule has 1 heterocycles. The molecule has 0 saturated carbocycles. The average Bonchev–Trinajstić information content (AvgIpc) is 2.36. The Morgan fingerprint density at radius 1 is 1.33 bits per heavy atom. The van der Waals surface area contributed by atoms with E-state index in [4.69, 9.17) is 17.3 Å². The summed E-state index contributed by atoms with van der Waals surface area (Å²) in [5, 5.41) is 0.129. The maximum atomic E-state index is 12.1. The molecule has 0 aliphatic heterocycles. The van der Waals surface area contributed by atoms with E-state index in [0.717, 1.165) is 0 Å². The molecule has 3 N–H and O–H groups in total. The van der Waals surface area contributed by atoms with Crippen molar-refractivity contribution in [2.24, 2.45) is 0 Å². The second kappa shape index (κ2) is 7.40. The quantitative estimate of drug-likeness (QED) is 0.792. The van der Waals surface area contributed by atoms with Crippen molar-refractivity contribution in [3.05, 3.63) is 17.3 Å². The number of rotatable bonds is 7. The summed E-state index contributed by atoms with van der Waals surface area (Å²) in [5.74, 6) is 0.112. The van der Waals surface area contributed by atoms with Gasteiger partial charge < -0.3 is 5.73 Å². The van der Waals surface area contributed by atoms with Crippen LogP contribution in [-0.2, 0) is 10.0 Å². The molecule has 0 fully saturated rings. The van der Waals surface area contributed by atoms with Gasteiger partial charge >= 0.3 is 0 Å². The van der Waals surface area contributed by atoms with Crippen LogP contribution in [0.2, 0.25) is 5.02 Å². The van der Waals surface area contributed by atoms with Crippen LogP contribution in [0.3, 0.4) is 0 Å². The zero-order chi connectivity index (χ0) is 16.2. The zero-order valence-electron chi connectivity index (χ0n) is 12.8. The summed E-state index contributed by atoms with van der Waals surface area (Å²) in [6, 6.07) is 2.00. The van der Waals surface area contributed by atoms with Gasteiger partial charge in [0.1, 0.15) is 10.7 Å². The van der Waals surface area contributed by atoms with Crippen LogP contribution in [0.1, 0.15) is 27.7 Å². The van der Waals surface area contributed by atoms with Crippen LogP contribution in [0, 0.1) is 0 Å². The third-order valence-corrected chi connectivity index (χ3v) is 4.87. The molecule has 0 aliphatic carbocycles. The Kier molecular flexibility index (Phi) is 6.40. The Labute approximate surface area is 131 Å². The van der Waals surface area contributed by atoms with Gasteiger partial charge in [-0.15, -0.1) is 0 Å². The molecular formula is C13H23ClN4O2S. The monoisotopic (exact) mass is 334 g/mol. The van der Waals surface area contributed by atoms with Gasteiger partial charge in [-0.2, -0.15) is 0 Å². The second-order valence-electron chi connectivity index (χ2n) is 5.36. The summed E-state index contributed by atoms with van der Waals surface area (Å²) in [4.78, 5) is 5.98. The van der Waals surface area contributed by atoms with Gasteiger partial charge in [-0.25, -0.2) is 18.1 Å². The van der Waals surface area contributed by atoms with Crippen molar-refractivity contribution in [3.63, 3.8) is 0 Å². The average molecular weight is 335 g/mol. The van der Waals surface area contributed by atoms with Gasteiger partial charge in [0, 0.05) is 31.4 Å². The highest BCUT2D eigenvalue weighted by Gasteiger charge is 2.18. The number of anilines is 1. The first-order valence-electron chi connectivity index (χ1n) is 6.81. The first-order valence-corrected chi connectivity index (χ1v) is 8.67. The van der Waals surface area contributed by atoms with Gasteiger partial charge in [0.25, 0.3) is 0 Å². The summed E-state index contributed by atoms with van der Waals surface area (Å²) in [6.07, 6.45) is 1.20. The first-order chi connectivity index (χ1) is 9.65. The molecule has 120 valence electrons. The highest BCUT2D eigenvalue weighted by atomic mass is 35.5. The number of hydrogen-bond donors (Lipinski definition) is 2. The van der Waals surface area contributed by atoms with Gasteiger partial charge in [-0.3, -0.25) is 4.90 Å². The van der Waals surface area contributed by atoms with Gasteiger partial charge in [0.05, 0.1) is 5.02 Å². The molecule has 0 radical (unpaired) electrons. The highest BCUT2D eigenvalue weighted by Crippen LogP contribution is 2.19. The molecule has 1 aromatic rings. The second-order valence-corrected chi connectivity index (χ2v) is 7.54. The third-order valence-electron chi connectivity index (χ3n) is 3.14. The summed E-state index contributed by atoms with van der Waals surface area (Å²) in [5.41, 5.74) is 5.47. The Morgan fingerprint density at radius 3 is 2.38 bits per heavy atom. The lowest BCUT2D eigenvalue weighted by Crippen LogP contribution is -2.42. The molecule has 21 heavy (non-hydrogen) atoms. The number of hydrogen-bond acceptors (Lipinski definition) is 5. The van der Waals surface area contributed by atoms with E-state index >= 15 is 0 Å². The molecule has 0 saturated heterocycles. The number of nitrogens with two attached hydrogens (primary N) is 1. The lowest BCUT2D eigenvalue weighted by Gasteiger charge is -2.30. The van der Waals surface area contributed by atoms with Crippen LogP contribution >= 0.6 is 11.6 Å². The zero-order valence-corrected chi connectivity index (χ0v) is 14.4. The standard InChI is InChI=1S/C13H23ClN4O2S/c1-9(2)18(10(3)4)6-5-17-21(19,20)11-7-12(14)13(15)16-8-11/h7-10,17H,5-6H2,1-4H3,(H2,15,16). The largest absolute Gasteiger partial charge is 0.382 e. The van der Waals surface area contributed by atoms with Crippen molar-refractivity contribution in [1.82, 2.24) is 14.6 Å². The van der Waals surface area contributed by atoms with E-state index in [2.05, 4.69) is 42.3 Å². The van der Waals surface area contributed by atoms with Crippen LogP contribution in [0.25, 0.3) is 0 Å². The van der Waals surface area contributed by atoms with E-state index in [1.807, 2.05) is 0 Å². The molecule has 1 aromatic heterocycles. The molecule has 0 unspecified atom stereocenters. The van der Waals surface area contributed by atoms with Crippen molar-refractivity contribution in [2.75, 3.05) is 18.8 Å². The van der Waals surface area contributed by atoms with E-state index in [0.29, 0.717) is 25.2 Å². The minimum atomic E-state index is -3.63. The number of pyridine rings is 1. The summed E-state index contributed by atoms with van der Waals surface area (Å²) in [6.45, 7) is 9.28. The lowest BCUT2D eigenvalue weighted by atomic mass is 10.2. The molecule has 0 bridgehead atoms. The Balaban J connectivity index is 2.71. The molecular weight excluding hydrogens is 312 g/mol. The number of aromatic nitrogens is 1. The summed E-state index contributed by atoms with van der Waals surface area (Å²) in [7, 11) is -3.63. The van der Waals surface area contributed by atoms with Crippen molar-refractivity contribution in [2.45, 2.75) is 44.7 Å². The van der Waals surface area contributed by atoms with Crippen LogP contribution < -0.4 is 10.5 Å². The van der Waals surface area contributed by atoms with Crippen LogP contribution in [0.4, 0.5) is 5.82 Å². The minimum Gasteiger partial charge on any atom is -0.382 e. The molecule has 0 aliphatic rings. The fourth-order valence-corrected chi connectivity index (χ4v) is 3.31. The minimum absolute atomic E-state index is 0.0161. The van der Waals surface area contributed by atoms with E-state index in [1.54, 1.807) is 0 Å². The molecule has 6 nitrogen and oxygen atoms in total. The van der Waals surface area contributed by atoms with Crippen LogP contribution in [0.5, 0.6) is 0 Å². The normalized spacial score (nSPS) is 12.6. The molecule has 0 aromatic carbocycles. The number of halogens is 1. The predicted molar refractivity (Wildman–Crippen MR) is 85.8 cm³/mol.